The summed E-state index contributed by atoms with van der Waals surface area (Å²) in [7, 11) is 2.04. The number of likely N-dealkylation sites (tertiary alicyclic amines) is 1. The molecule has 5 heteroatoms. The van der Waals surface area contributed by atoms with Crippen molar-refractivity contribution in [2.24, 2.45) is 0 Å². The number of likely N-dealkylation sites (N-methyl/N-ethyl adjacent to an activating group) is 1. The van der Waals surface area contributed by atoms with E-state index in [2.05, 4.69) is 49.1 Å². The average molecular weight is 610 g/mol. The molecule has 27 heavy (non-hydrogen) atoms. The van der Waals surface area contributed by atoms with Gasteiger partial charge in [0.2, 0.25) is 0 Å². The van der Waals surface area contributed by atoms with Crippen molar-refractivity contribution >= 4 is 4.08 Å². The number of aryl methyl sites for hydroxylation is 2. The van der Waals surface area contributed by atoms with Gasteiger partial charge in [0, 0.05) is 32.7 Å². The van der Waals surface area contributed by atoms with Crippen LogP contribution in [-0.2, 0) is 58.5 Å². The van der Waals surface area contributed by atoms with E-state index in [-0.39, 0.29) is 38.8 Å². The summed E-state index contributed by atoms with van der Waals surface area (Å²) < 4.78 is 0.441. The number of hydrogen-bond acceptors (Lipinski definition) is 3. The van der Waals surface area contributed by atoms with E-state index in [4.69, 9.17) is 0 Å². The summed E-state index contributed by atoms with van der Waals surface area (Å²) in [6, 6.07) is 16.6. The molecule has 1 saturated heterocycles. The molecule has 3 nitrogen and oxygen atoms in total. The van der Waals surface area contributed by atoms with Gasteiger partial charge >= 0.3 is 90.1 Å². The fourth-order valence-electron chi connectivity index (χ4n) is 3.09. The largest absolute Gasteiger partial charge is 0.561 e. The van der Waals surface area contributed by atoms with E-state index >= 15 is 0 Å². The molecule has 0 bridgehead atoms. The summed E-state index contributed by atoms with van der Waals surface area (Å²) in [5, 5.41) is 18.9. The van der Waals surface area contributed by atoms with E-state index in [1.165, 1.54) is 16.7 Å². The molecule has 0 unspecified atom stereocenters. The van der Waals surface area contributed by atoms with E-state index in [1.54, 1.807) is 0 Å². The smallest absolute Gasteiger partial charge is 0 e. The second-order valence-electron chi connectivity index (χ2n) is 6.56. The Bertz CT molecular complexity index is 714. The molecule has 2 N–H and O–H groups in total. The van der Waals surface area contributed by atoms with Crippen molar-refractivity contribution in [3.8, 4) is 0 Å². The van der Waals surface area contributed by atoms with Gasteiger partial charge in [0.25, 0.3) is 0 Å². The van der Waals surface area contributed by atoms with E-state index in [0.717, 1.165) is 44.3 Å². The Morgan fingerprint density at radius 2 is 1.93 bits per heavy atom. The molecule has 1 aliphatic heterocycles. The van der Waals surface area contributed by atoms with E-state index < -0.39 is 0 Å². The first-order valence-corrected chi connectivity index (χ1v) is 10.4. The van der Waals surface area contributed by atoms with Crippen LogP contribution in [0.2, 0.25) is 0 Å². The second kappa shape index (κ2) is 12.4. The monoisotopic (exact) mass is 610 g/mol. The molecule has 1 fully saturated rings. The molecule has 2 aromatic rings. The number of rotatable bonds is 4. The standard InChI is InChI=1S/C11H14NO.C11H13O.W.Y/c1-12-8-7-10(13)11(12)9-5-3-2-4-6-9;1-3-10-5-4-9(2)11(8-10)6-7-12;;/h2-6,11,13H,7-8H2,1H3;4-6,8,12H,3H2,1-2H3;;/q2*-1;;/t11-;;;/m0.../s1. The van der Waals surface area contributed by atoms with Crippen LogP contribution in [0, 0.1) is 19.4 Å². The summed E-state index contributed by atoms with van der Waals surface area (Å²) >= 11 is 1.11. The molecule has 0 saturated carbocycles. The average Bonchev–Trinajstić information content (AvgIpc) is 2.96. The third-order valence-corrected chi connectivity index (χ3v) is 5.05. The van der Waals surface area contributed by atoms with Crippen LogP contribution < -0.4 is 0 Å². The molecule has 2 aromatic carbocycles. The van der Waals surface area contributed by atoms with Crippen molar-refractivity contribution in [3.05, 3.63) is 83.3 Å². The number of nitrogens with zero attached hydrogens (tertiary/aromatic N) is 1. The maximum Gasteiger partial charge on any atom is 0 e. The number of benzene rings is 2. The minimum atomic E-state index is 0. The summed E-state index contributed by atoms with van der Waals surface area (Å²) in [6.45, 7) is 5.14. The molecule has 0 spiro atoms. The SMILES string of the molecule is CCc1ccc(C)c([CH-][C](O)=[W])c1.CN1CC[C-](O)[C@@H]1c1ccccc1.[Y]. The second-order valence-corrected chi connectivity index (χ2v) is 8.06. The number of aliphatic hydroxyl groups is 2. The molecule has 143 valence electrons. The van der Waals surface area contributed by atoms with Crippen LogP contribution in [0.5, 0.6) is 0 Å². The van der Waals surface area contributed by atoms with Crippen LogP contribution in [-0.4, -0.2) is 32.8 Å². The van der Waals surface area contributed by atoms with Crippen LogP contribution in [0.4, 0.5) is 0 Å². The first-order chi connectivity index (χ1) is 12.4. The first-order valence-electron chi connectivity index (χ1n) is 8.89. The minimum Gasteiger partial charge on any atom is -0.561 e. The molecule has 3 rings (SSSR count). The third kappa shape index (κ3) is 7.65. The van der Waals surface area contributed by atoms with Crippen LogP contribution in [0.15, 0.2) is 48.5 Å². The van der Waals surface area contributed by atoms with Crippen molar-refractivity contribution in [1.29, 1.82) is 0 Å². The molecule has 0 aliphatic carbocycles. The summed E-state index contributed by atoms with van der Waals surface area (Å²) in [5.74, 6) is 0. The molecule has 1 heterocycles. The maximum absolute atomic E-state index is 9.69. The number of hydrogen-bond donors (Lipinski definition) is 2. The van der Waals surface area contributed by atoms with Crippen molar-refractivity contribution < 1.29 is 62.3 Å². The van der Waals surface area contributed by atoms with Gasteiger partial charge < -0.3 is 10.0 Å². The normalized spacial score (nSPS) is 16.9. The van der Waals surface area contributed by atoms with Crippen molar-refractivity contribution in [2.45, 2.75) is 32.7 Å². The molecule has 1 atom stereocenters. The Labute approximate surface area is 199 Å². The molecule has 0 aromatic heterocycles. The summed E-state index contributed by atoms with van der Waals surface area (Å²) in [4.78, 5) is 2.17. The fourth-order valence-corrected chi connectivity index (χ4v) is 3.55. The minimum absolute atomic E-state index is 0. The fraction of sp³-hybridized carbons (Fsp3) is 0.318. The van der Waals surface area contributed by atoms with E-state index in [0.29, 0.717) is 10.2 Å². The van der Waals surface area contributed by atoms with Gasteiger partial charge in [-0.3, -0.25) is 0 Å². The van der Waals surface area contributed by atoms with Crippen molar-refractivity contribution in [1.82, 2.24) is 4.90 Å². The molecular formula is C22H27NO2WY-2. The van der Waals surface area contributed by atoms with Crippen LogP contribution in [0.25, 0.3) is 0 Å². The quantitative estimate of drug-likeness (QED) is 0.513. The van der Waals surface area contributed by atoms with Crippen molar-refractivity contribution in [2.75, 3.05) is 13.6 Å². The Morgan fingerprint density at radius 3 is 2.44 bits per heavy atom. The Hall–Kier alpha value is -0.148. The van der Waals surface area contributed by atoms with Gasteiger partial charge in [-0.05, 0) is 13.6 Å². The van der Waals surface area contributed by atoms with E-state index in [1.807, 2.05) is 31.7 Å². The number of aliphatic hydroxyl groups excluding tert-OH is 2. The van der Waals surface area contributed by atoms with Gasteiger partial charge in [-0.2, -0.15) is 6.10 Å². The third-order valence-electron chi connectivity index (χ3n) is 4.62. The van der Waals surface area contributed by atoms with Gasteiger partial charge in [0.15, 0.2) is 0 Å². The van der Waals surface area contributed by atoms with Gasteiger partial charge in [-0.25, -0.2) is 0 Å². The van der Waals surface area contributed by atoms with Gasteiger partial charge in [-0.1, -0.05) is 41.9 Å². The molecule has 1 radical (unpaired) electrons. The first kappa shape index (κ1) is 24.9. The predicted molar refractivity (Wildman–Crippen MR) is 103 cm³/mol. The molecular weight excluding hydrogens is 583 g/mol. The zero-order chi connectivity index (χ0) is 19.1. The van der Waals surface area contributed by atoms with Gasteiger partial charge in [0.1, 0.15) is 0 Å². The zero-order valence-corrected chi connectivity index (χ0v) is 22.0. The topological polar surface area (TPSA) is 43.7 Å². The van der Waals surface area contributed by atoms with Gasteiger partial charge in [-0.15, -0.1) is 6.42 Å². The summed E-state index contributed by atoms with van der Waals surface area (Å²) in [6.07, 6.45) is 4.27. The Morgan fingerprint density at radius 1 is 1.26 bits per heavy atom. The Balaban J connectivity index is 0.000000260. The predicted octanol–water partition coefficient (Wildman–Crippen LogP) is 4.12. The van der Waals surface area contributed by atoms with Crippen molar-refractivity contribution in [3.63, 3.8) is 0 Å². The van der Waals surface area contributed by atoms with Crippen LogP contribution >= 0.6 is 0 Å². The Kier molecular flexibility index (Phi) is 11.5. The van der Waals surface area contributed by atoms with Crippen LogP contribution in [0.1, 0.15) is 41.6 Å². The molecule has 1 aliphatic rings. The molecule has 0 amide bonds. The maximum atomic E-state index is 9.69. The summed E-state index contributed by atoms with van der Waals surface area (Å²) in [5.41, 5.74) is 4.84. The van der Waals surface area contributed by atoms with E-state index in [9.17, 15) is 10.2 Å². The van der Waals surface area contributed by atoms with Crippen LogP contribution in [0.3, 0.4) is 0 Å². The van der Waals surface area contributed by atoms with Gasteiger partial charge in [0.05, 0.1) is 0 Å². The zero-order valence-electron chi connectivity index (χ0n) is 16.2.